The Labute approximate surface area is 63.8 Å². The van der Waals surface area contributed by atoms with Gasteiger partial charge in [0, 0.05) is 6.42 Å². The second-order valence-corrected chi connectivity index (χ2v) is 3.26. The molecule has 0 aromatic rings. The summed E-state index contributed by atoms with van der Waals surface area (Å²) >= 11 is 0. The van der Waals surface area contributed by atoms with Crippen LogP contribution < -0.4 is 0 Å². The van der Waals surface area contributed by atoms with Crippen LogP contribution in [0.15, 0.2) is 0 Å². The molecule has 2 atom stereocenters. The van der Waals surface area contributed by atoms with Gasteiger partial charge in [0.05, 0.1) is 0 Å². The predicted molar refractivity (Wildman–Crippen MR) is 43.9 cm³/mol. The Morgan fingerprint density at radius 2 is 1.90 bits per heavy atom. The molecule has 0 rings (SSSR count). The van der Waals surface area contributed by atoms with E-state index in [4.69, 9.17) is 0 Å². The molecule has 60 valence electrons. The molecule has 0 spiro atoms. The van der Waals surface area contributed by atoms with Crippen LogP contribution in [-0.2, 0) is 4.79 Å². The number of hydrogen-bond acceptors (Lipinski definition) is 1. The van der Waals surface area contributed by atoms with E-state index >= 15 is 0 Å². The highest BCUT2D eigenvalue weighted by atomic mass is 16.1. The molecular formula is C9H18O. The topological polar surface area (TPSA) is 17.1 Å². The summed E-state index contributed by atoms with van der Waals surface area (Å²) in [5, 5.41) is 0. The van der Waals surface area contributed by atoms with Crippen molar-refractivity contribution in [2.24, 2.45) is 11.8 Å². The lowest BCUT2D eigenvalue weighted by Gasteiger charge is -2.12. The number of aldehydes is 1. The molecule has 1 heteroatoms. The molecule has 0 fully saturated rings. The summed E-state index contributed by atoms with van der Waals surface area (Å²) in [6, 6.07) is 0. The van der Waals surface area contributed by atoms with Gasteiger partial charge in [-0.15, -0.1) is 0 Å². The third-order valence-corrected chi connectivity index (χ3v) is 2.00. The first-order valence-corrected chi connectivity index (χ1v) is 4.14. The molecule has 1 nitrogen and oxygen atoms in total. The summed E-state index contributed by atoms with van der Waals surface area (Å²) in [5.41, 5.74) is 0. The molecule has 0 amide bonds. The molecule has 0 bridgehead atoms. The maximum atomic E-state index is 10.1. The van der Waals surface area contributed by atoms with Gasteiger partial charge in [-0.25, -0.2) is 0 Å². The van der Waals surface area contributed by atoms with Crippen LogP contribution in [0.1, 0.15) is 40.0 Å². The van der Waals surface area contributed by atoms with Gasteiger partial charge in [0.25, 0.3) is 0 Å². The van der Waals surface area contributed by atoms with Crippen LogP contribution in [0.4, 0.5) is 0 Å². The summed E-state index contributed by atoms with van der Waals surface area (Å²) in [4.78, 5) is 10.1. The molecule has 2 unspecified atom stereocenters. The van der Waals surface area contributed by atoms with Crippen molar-refractivity contribution in [3.8, 4) is 0 Å². The monoisotopic (exact) mass is 142 g/mol. The zero-order valence-corrected chi connectivity index (χ0v) is 7.26. The predicted octanol–water partition coefficient (Wildman–Crippen LogP) is 2.65. The fraction of sp³-hybridized carbons (Fsp3) is 0.889. The highest BCUT2D eigenvalue weighted by molar-refractivity contribution is 5.49. The molecule has 10 heavy (non-hydrogen) atoms. The molecule has 0 saturated carbocycles. The van der Waals surface area contributed by atoms with Gasteiger partial charge in [-0.05, 0) is 18.3 Å². The van der Waals surface area contributed by atoms with Gasteiger partial charge in [-0.2, -0.15) is 0 Å². The van der Waals surface area contributed by atoms with E-state index in [-0.39, 0.29) is 0 Å². The van der Waals surface area contributed by atoms with E-state index in [1.807, 2.05) is 0 Å². The second kappa shape index (κ2) is 5.45. The molecule has 0 aliphatic heterocycles. The average Bonchev–Trinajstić information content (AvgIpc) is 1.88. The van der Waals surface area contributed by atoms with Crippen molar-refractivity contribution < 1.29 is 4.79 Å². The Balaban J connectivity index is 3.35. The first-order valence-electron chi connectivity index (χ1n) is 4.14. The van der Waals surface area contributed by atoms with Crippen molar-refractivity contribution in [3.63, 3.8) is 0 Å². The summed E-state index contributed by atoms with van der Waals surface area (Å²) in [6.45, 7) is 6.57. The molecule has 0 saturated heterocycles. The quantitative estimate of drug-likeness (QED) is 0.539. The second-order valence-electron chi connectivity index (χ2n) is 3.26. The normalized spacial score (nSPS) is 16.3. The maximum absolute atomic E-state index is 10.1. The lowest BCUT2D eigenvalue weighted by Crippen LogP contribution is -2.02. The van der Waals surface area contributed by atoms with Gasteiger partial charge in [0.2, 0.25) is 0 Å². The third kappa shape index (κ3) is 4.54. The largest absolute Gasteiger partial charge is 0.303 e. The zero-order valence-electron chi connectivity index (χ0n) is 7.26. The van der Waals surface area contributed by atoms with E-state index in [9.17, 15) is 4.79 Å². The fourth-order valence-corrected chi connectivity index (χ4v) is 1.11. The fourth-order valence-electron chi connectivity index (χ4n) is 1.11. The Hall–Kier alpha value is -0.330. The Bertz CT molecular complexity index is 88.7. The van der Waals surface area contributed by atoms with E-state index in [0.717, 1.165) is 18.6 Å². The molecule has 0 aliphatic rings. The third-order valence-electron chi connectivity index (χ3n) is 2.00. The van der Waals surface area contributed by atoms with Gasteiger partial charge >= 0.3 is 0 Å². The summed E-state index contributed by atoms with van der Waals surface area (Å²) < 4.78 is 0. The van der Waals surface area contributed by atoms with E-state index < -0.39 is 0 Å². The van der Waals surface area contributed by atoms with E-state index in [2.05, 4.69) is 20.8 Å². The standard InChI is InChI=1S/C9H18O/c1-4-8(2)7-9(3)5-6-10/h6,8-9H,4-5,7H2,1-3H3. The molecule has 0 aromatic carbocycles. The highest BCUT2D eigenvalue weighted by Gasteiger charge is 2.05. The van der Waals surface area contributed by atoms with Crippen LogP contribution in [0, 0.1) is 11.8 Å². The van der Waals surface area contributed by atoms with Crippen LogP contribution >= 0.6 is 0 Å². The SMILES string of the molecule is CCC(C)CC(C)CC=O. The van der Waals surface area contributed by atoms with Crippen LogP contribution in [-0.4, -0.2) is 6.29 Å². The van der Waals surface area contributed by atoms with Gasteiger partial charge in [0.1, 0.15) is 6.29 Å². The first kappa shape index (κ1) is 9.67. The van der Waals surface area contributed by atoms with Crippen LogP contribution in [0.2, 0.25) is 0 Å². The van der Waals surface area contributed by atoms with Gasteiger partial charge in [-0.1, -0.05) is 27.2 Å². The zero-order chi connectivity index (χ0) is 7.98. The lowest BCUT2D eigenvalue weighted by molar-refractivity contribution is -0.108. The van der Waals surface area contributed by atoms with Crippen molar-refractivity contribution in [2.75, 3.05) is 0 Å². The van der Waals surface area contributed by atoms with Gasteiger partial charge < -0.3 is 4.79 Å². The van der Waals surface area contributed by atoms with Crippen molar-refractivity contribution >= 4 is 6.29 Å². The Kier molecular flexibility index (Phi) is 5.27. The van der Waals surface area contributed by atoms with E-state index in [0.29, 0.717) is 5.92 Å². The molecular weight excluding hydrogens is 124 g/mol. The molecule has 0 aliphatic carbocycles. The van der Waals surface area contributed by atoms with E-state index in [1.165, 1.54) is 12.8 Å². The first-order chi connectivity index (χ1) is 4.70. The van der Waals surface area contributed by atoms with Crippen molar-refractivity contribution in [2.45, 2.75) is 40.0 Å². The van der Waals surface area contributed by atoms with Crippen LogP contribution in [0.5, 0.6) is 0 Å². The highest BCUT2D eigenvalue weighted by Crippen LogP contribution is 2.15. The minimum Gasteiger partial charge on any atom is -0.303 e. The molecule has 0 heterocycles. The maximum Gasteiger partial charge on any atom is 0.120 e. The Morgan fingerprint density at radius 3 is 2.30 bits per heavy atom. The van der Waals surface area contributed by atoms with Gasteiger partial charge in [0.15, 0.2) is 0 Å². The Morgan fingerprint density at radius 1 is 1.30 bits per heavy atom. The minimum absolute atomic E-state index is 0.576. The number of hydrogen-bond donors (Lipinski definition) is 0. The van der Waals surface area contributed by atoms with E-state index in [1.54, 1.807) is 0 Å². The number of carbonyl (C=O) groups is 1. The lowest BCUT2D eigenvalue weighted by atomic mass is 9.94. The van der Waals surface area contributed by atoms with Crippen molar-refractivity contribution in [1.82, 2.24) is 0 Å². The summed E-state index contributed by atoms with van der Waals surface area (Å²) in [5.74, 6) is 1.35. The molecule has 0 N–H and O–H groups in total. The van der Waals surface area contributed by atoms with Gasteiger partial charge in [-0.3, -0.25) is 0 Å². The van der Waals surface area contributed by atoms with Crippen LogP contribution in [0.3, 0.4) is 0 Å². The molecule has 0 radical (unpaired) electrons. The van der Waals surface area contributed by atoms with Crippen LogP contribution in [0.25, 0.3) is 0 Å². The molecule has 0 aromatic heterocycles. The smallest absolute Gasteiger partial charge is 0.120 e. The van der Waals surface area contributed by atoms with Crippen molar-refractivity contribution in [1.29, 1.82) is 0 Å². The summed E-state index contributed by atoms with van der Waals surface area (Å²) in [6.07, 6.45) is 4.16. The van der Waals surface area contributed by atoms with Crippen molar-refractivity contribution in [3.05, 3.63) is 0 Å². The summed E-state index contributed by atoms with van der Waals surface area (Å²) in [7, 11) is 0. The minimum atomic E-state index is 0.576. The average molecular weight is 142 g/mol. The number of carbonyl (C=O) groups excluding carboxylic acids is 1. The number of rotatable bonds is 5.